The van der Waals surface area contributed by atoms with E-state index < -0.39 is 0 Å². The van der Waals surface area contributed by atoms with Gasteiger partial charge in [-0.05, 0) is 31.0 Å². The van der Waals surface area contributed by atoms with Crippen molar-refractivity contribution in [2.45, 2.75) is 39.7 Å². The summed E-state index contributed by atoms with van der Waals surface area (Å²) in [5, 5.41) is 3.03. The van der Waals surface area contributed by atoms with E-state index in [9.17, 15) is 4.79 Å². The molecule has 0 aliphatic rings. The minimum Gasteiger partial charge on any atom is -0.496 e. The molecule has 0 saturated carbocycles. The summed E-state index contributed by atoms with van der Waals surface area (Å²) >= 11 is 0. The highest BCUT2D eigenvalue weighted by molar-refractivity contribution is 5.98. The Morgan fingerprint density at radius 3 is 2.53 bits per heavy atom. The highest BCUT2D eigenvalue weighted by Crippen LogP contribution is 2.22. The molecule has 0 radical (unpaired) electrons. The first kappa shape index (κ1) is 15.3. The lowest BCUT2D eigenvalue weighted by molar-refractivity contribution is 0.0922. The maximum Gasteiger partial charge on any atom is 0.255 e. The molecule has 0 aromatic heterocycles. The number of carbonyl (C=O) groups is 1. The number of nitrogens with two attached hydrogens (primary N) is 1. The number of ether oxygens (including phenoxy) is 1. The fourth-order valence-electron chi connectivity index (χ4n) is 2.30. The van der Waals surface area contributed by atoms with Crippen LogP contribution in [0.5, 0.6) is 5.75 Å². The summed E-state index contributed by atoms with van der Waals surface area (Å²) in [5.41, 5.74) is 6.77. The zero-order chi connectivity index (χ0) is 14.4. The second-order valence-corrected chi connectivity index (χ2v) is 4.80. The molecule has 0 aliphatic heterocycles. The van der Waals surface area contributed by atoms with Crippen LogP contribution in [-0.4, -0.2) is 19.1 Å². The van der Waals surface area contributed by atoms with Crippen molar-refractivity contribution in [3.8, 4) is 5.75 Å². The minimum atomic E-state index is -0.136. The van der Waals surface area contributed by atoms with Crippen LogP contribution in [0.25, 0.3) is 0 Å². The van der Waals surface area contributed by atoms with E-state index in [2.05, 4.69) is 19.2 Å². The van der Waals surface area contributed by atoms with Crippen molar-refractivity contribution in [3.63, 3.8) is 0 Å². The van der Waals surface area contributed by atoms with Crippen LogP contribution in [0.3, 0.4) is 0 Å². The first-order chi connectivity index (χ1) is 9.03. The largest absolute Gasteiger partial charge is 0.496 e. The maximum atomic E-state index is 12.3. The van der Waals surface area contributed by atoms with Crippen molar-refractivity contribution in [3.05, 3.63) is 23.8 Å². The Kier molecular flexibility index (Phi) is 5.67. The smallest absolute Gasteiger partial charge is 0.255 e. The SMILES string of the molecule is CCC(CC)C(C)NC(=O)c1cc(N)ccc1OC. The van der Waals surface area contributed by atoms with Crippen LogP contribution in [-0.2, 0) is 0 Å². The summed E-state index contributed by atoms with van der Waals surface area (Å²) in [6.45, 7) is 6.31. The number of hydrogen-bond acceptors (Lipinski definition) is 3. The fraction of sp³-hybridized carbons (Fsp3) is 0.533. The summed E-state index contributed by atoms with van der Waals surface area (Å²) in [6.07, 6.45) is 2.10. The molecule has 1 amide bonds. The van der Waals surface area contributed by atoms with E-state index in [1.807, 2.05) is 6.92 Å². The van der Waals surface area contributed by atoms with Gasteiger partial charge >= 0.3 is 0 Å². The zero-order valence-electron chi connectivity index (χ0n) is 12.2. The van der Waals surface area contributed by atoms with Gasteiger partial charge < -0.3 is 15.8 Å². The van der Waals surface area contributed by atoms with Gasteiger partial charge in [0.2, 0.25) is 0 Å². The summed E-state index contributed by atoms with van der Waals surface area (Å²) in [5.74, 6) is 0.892. The van der Waals surface area contributed by atoms with E-state index in [0.29, 0.717) is 22.9 Å². The van der Waals surface area contributed by atoms with Crippen LogP contribution in [0.15, 0.2) is 18.2 Å². The van der Waals surface area contributed by atoms with Gasteiger partial charge in [-0.3, -0.25) is 4.79 Å². The molecular formula is C15H24N2O2. The third-order valence-electron chi connectivity index (χ3n) is 3.58. The van der Waals surface area contributed by atoms with E-state index in [-0.39, 0.29) is 11.9 Å². The minimum absolute atomic E-state index is 0.133. The number of hydrogen-bond donors (Lipinski definition) is 2. The molecule has 1 atom stereocenters. The van der Waals surface area contributed by atoms with E-state index in [1.165, 1.54) is 0 Å². The Morgan fingerprint density at radius 1 is 1.37 bits per heavy atom. The highest BCUT2D eigenvalue weighted by Gasteiger charge is 2.19. The van der Waals surface area contributed by atoms with Crippen molar-refractivity contribution < 1.29 is 9.53 Å². The van der Waals surface area contributed by atoms with Gasteiger partial charge in [0.05, 0.1) is 12.7 Å². The van der Waals surface area contributed by atoms with Crippen LogP contribution >= 0.6 is 0 Å². The molecule has 106 valence electrons. The van der Waals surface area contributed by atoms with Gasteiger partial charge in [-0.25, -0.2) is 0 Å². The Labute approximate surface area is 115 Å². The highest BCUT2D eigenvalue weighted by atomic mass is 16.5. The summed E-state index contributed by atoms with van der Waals surface area (Å²) in [4.78, 5) is 12.3. The van der Waals surface area contributed by atoms with E-state index >= 15 is 0 Å². The Hall–Kier alpha value is -1.71. The van der Waals surface area contributed by atoms with Gasteiger partial charge in [0.1, 0.15) is 5.75 Å². The molecule has 4 nitrogen and oxygen atoms in total. The molecule has 1 unspecified atom stereocenters. The summed E-state index contributed by atoms with van der Waals surface area (Å²) in [7, 11) is 1.55. The molecule has 1 aromatic rings. The van der Waals surface area contributed by atoms with Crippen LogP contribution in [0.4, 0.5) is 5.69 Å². The van der Waals surface area contributed by atoms with E-state index in [0.717, 1.165) is 12.8 Å². The Morgan fingerprint density at radius 2 is 2.00 bits per heavy atom. The molecule has 0 aliphatic carbocycles. The molecule has 0 heterocycles. The number of amides is 1. The van der Waals surface area contributed by atoms with Crippen LogP contribution in [0, 0.1) is 5.92 Å². The van der Waals surface area contributed by atoms with E-state index in [4.69, 9.17) is 10.5 Å². The Balaban J connectivity index is 2.86. The normalized spacial score (nSPS) is 12.3. The van der Waals surface area contributed by atoms with Crippen LogP contribution < -0.4 is 15.8 Å². The molecule has 1 aromatic carbocycles. The number of nitrogens with one attached hydrogen (secondary N) is 1. The van der Waals surface area contributed by atoms with E-state index in [1.54, 1.807) is 25.3 Å². The number of carbonyl (C=O) groups excluding carboxylic acids is 1. The van der Waals surface area contributed by atoms with Gasteiger partial charge in [-0.1, -0.05) is 26.7 Å². The Bertz CT molecular complexity index is 428. The first-order valence-corrected chi connectivity index (χ1v) is 6.77. The fourth-order valence-corrected chi connectivity index (χ4v) is 2.30. The maximum absolute atomic E-state index is 12.3. The number of benzene rings is 1. The van der Waals surface area contributed by atoms with Gasteiger partial charge in [0.15, 0.2) is 0 Å². The monoisotopic (exact) mass is 264 g/mol. The second-order valence-electron chi connectivity index (χ2n) is 4.80. The van der Waals surface area contributed by atoms with Crippen LogP contribution in [0.1, 0.15) is 44.0 Å². The lowest BCUT2D eigenvalue weighted by Gasteiger charge is -2.23. The van der Waals surface area contributed by atoms with Gasteiger partial charge in [0, 0.05) is 11.7 Å². The standard InChI is InChI=1S/C15H24N2O2/c1-5-11(6-2)10(3)17-15(18)13-9-12(16)7-8-14(13)19-4/h7-11H,5-6,16H2,1-4H3,(H,17,18). The molecule has 0 fully saturated rings. The zero-order valence-corrected chi connectivity index (χ0v) is 12.2. The van der Waals surface area contributed by atoms with Crippen molar-refractivity contribution in [2.75, 3.05) is 12.8 Å². The molecule has 0 bridgehead atoms. The van der Waals surface area contributed by atoms with Crippen molar-refractivity contribution >= 4 is 11.6 Å². The van der Waals surface area contributed by atoms with Gasteiger partial charge in [-0.15, -0.1) is 0 Å². The number of methoxy groups -OCH3 is 1. The average Bonchev–Trinajstić information content (AvgIpc) is 2.40. The molecule has 19 heavy (non-hydrogen) atoms. The number of nitrogen functional groups attached to an aromatic ring is 1. The predicted molar refractivity (Wildman–Crippen MR) is 78.4 cm³/mol. The third-order valence-corrected chi connectivity index (χ3v) is 3.58. The first-order valence-electron chi connectivity index (χ1n) is 6.77. The predicted octanol–water partition coefficient (Wildman–Crippen LogP) is 2.83. The molecule has 4 heteroatoms. The van der Waals surface area contributed by atoms with Crippen LogP contribution in [0.2, 0.25) is 0 Å². The lowest BCUT2D eigenvalue weighted by Crippen LogP contribution is -2.37. The second kappa shape index (κ2) is 7.02. The topological polar surface area (TPSA) is 64.4 Å². The molecule has 1 rings (SSSR count). The summed E-state index contributed by atoms with van der Waals surface area (Å²) in [6, 6.07) is 5.22. The van der Waals surface area contributed by atoms with Crippen molar-refractivity contribution in [1.29, 1.82) is 0 Å². The van der Waals surface area contributed by atoms with Crippen molar-refractivity contribution in [2.24, 2.45) is 5.92 Å². The molecule has 0 saturated heterocycles. The molecular weight excluding hydrogens is 240 g/mol. The summed E-state index contributed by atoms with van der Waals surface area (Å²) < 4.78 is 5.20. The van der Waals surface area contributed by atoms with Gasteiger partial charge in [0.25, 0.3) is 5.91 Å². The van der Waals surface area contributed by atoms with Crippen molar-refractivity contribution in [1.82, 2.24) is 5.32 Å². The quantitative estimate of drug-likeness (QED) is 0.776. The number of anilines is 1. The average molecular weight is 264 g/mol. The van der Waals surface area contributed by atoms with Gasteiger partial charge in [-0.2, -0.15) is 0 Å². The lowest BCUT2D eigenvalue weighted by atomic mass is 9.95. The third kappa shape index (κ3) is 3.88. The number of rotatable bonds is 6. The molecule has 0 spiro atoms. The molecule has 3 N–H and O–H groups in total.